The van der Waals surface area contributed by atoms with Gasteiger partial charge in [-0.2, -0.15) is 0 Å². The Morgan fingerprint density at radius 1 is 1.38 bits per heavy atom. The molecule has 0 radical (unpaired) electrons. The largest absolute Gasteiger partial charge is 0.381 e. The molecule has 1 aliphatic rings. The molecule has 4 heteroatoms. The van der Waals surface area contributed by atoms with Crippen LogP contribution in [-0.2, 0) is 9.47 Å². The molecule has 0 aromatic heterocycles. The van der Waals surface area contributed by atoms with Crippen LogP contribution in [0.2, 0.25) is 0 Å². The number of hydrogen-bond acceptors (Lipinski definition) is 4. The van der Waals surface area contributed by atoms with Crippen LogP contribution in [0.15, 0.2) is 0 Å². The third-order valence-electron chi connectivity index (χ3n) is 3.89. The molecule has 0 spiro atoms. The van der Waals surface area contributed by atoms with Crippen molar-refractivity contribution < 1.29 is 9.47 Å². The Bertz CT molecular complexity index is 201. The molecular formula is C12H26N2O2. The van der Waals surface area contributed by atoms with Crippen LogP contribution in [0.25, 0.3) is 0 Å². The number of rotatable bonds is 5. The topological polar surface area (TPSA) is 47.7 Å². The molecule has 1 aliphatic heterocycles. The lowest BCUT2D eigenvalue weighted by molar-refractivity contribution is -0.0369. The molecule has 0 aliphatic carbocycles. The van der Waals surface area contributed by atoms with Gasteiger partial charge in [0.05, 0.1) is 12.2 Å². The minimum Gasteiger partial charge on any atom is -0.381 e. The summed E-state index contributed by atoms with van der Waals surface area (Å²) in [5.74, 6) is 0. The van der Waals surface area contributed by atoms with E-state index in [9.17, 15) is 0 Å². The second-order valence-electron chi connectivity index (χ2n) is 4.69. The maximum absolute atomic E-state index is 5.85. The SMILES string of the molecule is COC1CCN(C(C)C(C)OC)C(CN)C1. The standard InChI is InChI=1S/C12H26N2O2/c1-9(10(2)15-3)14-6-5-12(16-4)7-11(14)8-13/h9-12H,5-8,13H2,1-4H3. The lowest BCUT2D eigenvalue weighted by Gasteiger charge is -2.43. The second kappa shape index (κ2) is 6.55. The summed E-state index contributed by atoms with van der Waals surface area (Å²) < 4.78 is 10.8. The molecule has 4 atom stereocenters. The summed E-state index contributed by atoms with van der Waals surface area (Å²) in [6.45, 7) is 6.07. The van der Waals surface area contributed by atoms with E-state index < -0.39 is 0 Å². The first-order chi connectivity index (χ1) is 7.63. The van der Waals surface area contributed by atoms with Crippen LogP contribution >= 0.6 is 0 Å². The Balaban J connectivity index is 2.58. The summed E-state index contributed by atoms with van der Waals surface area (Å²) >= 11 is 0. The maximum Gasteiger partial charge on any atom is 0.0695 e. The summed E-state index contributed by atoms with van der Waals surface area (Å²) in [6, 6.07) is 0.836. The Hall–Kier alpha value is -0.160. The molecule has 16 heavy (non-hydrogen) atoms. The van der Waals surface area contributed by atoms with E-state index in [4.69, 9.17) is 15.2 Å². The van der Waals surface area contributed by atoms with Crippen molar-refractivity contribution in [1.82, 2.24) is 4.90 Å². The molecule has 96 valence electrons. The van der Waals surface area contributed by atoms with E-state index in [-0.39, 0.29) is 6.10 Å². The van der Waals surface area contributed by atoms with Gasteiger partial charge in [0.15, 0.2) is 0 Å². The van der Waals surface area contributed by atoms with Crippen molar-refractivity contribution in [2.75, 3.05) is 27.3 Å². The van der Waals surface area contributed by atoms with Gasteiger partial charge in [-0.05, 0) is 26.7 Å². The van der Waals surface area contributed by atoms with E-state index >= 15 is 0 Å². The summed E-state index contributed by atoms with van der Waals surface area (Å²) in [5, 5.41) is 0. The van der Waals surface area contributed by atoms with Crippen molar-refractivity contribution >= 4 is 0 Å². The number of methoxy groups -OCH3 is 2. The van der Waals surface area contributed by atoms with Crippen LogP contribution in [0.5, 0.6) is 0 Å². The quantitative estimate of drug-likeness (QED) is 0.760. The van der Waals surface area contributed by atoms with Crippen LogP contribution in [0.4, 0.5) is 0 Å². The van der Waals surface area contributed by atoms with Crippen molar-refractivity contribution in [3.8, 4) is 0 Å². The zero-order chi connectivity index (χ0) is 12.1. The molecule has 0 aromatic rings. The molecule has 4 nitrogen and oxygen atoms in total. The van der Waals surface area contributed by atoms with Gasteiger partial charge in [-0.15, -0.1) is 0 Å². The summed E-state index contributed by atoms with van der Waals surface area (Å²) in [6.07, 6.45) is 2.74. The Morgan fingerprint density at radius 2 is 2.06 bits per heavy atom. The number of hydrogen-bond donors (Lipinski definition) is 1. The van der Waals surface area contributed by atoms with E-state index in [1.165, 1.54) is 0 Å². The monoisotopic (exact) mass is 230 g/mol. The fourth-order valence-electron chi connectivity index (χ4n) is 2.48. The first-order valence-electron chi connectivity index (χ1n) is 6.15. The molecule has 1 heterocycles. The minimum atomic E-state index is 0.244. The number of likely N-dealkylation sites (tertiary alicyclic amines) is 1. The van der Waals surface area contributed by atoms with Gasteiger partial charge in [0.25, 0.3) is 0 Å². The molecule has 0 bridgehead atoms. The Labute approximate surface area is 99.1 Å². The first-order valence-corrected chi connectivity index (χ1v) is 6.15. The van der Waals surface area contributed by atoms with Crippen LogP contribution in [0.1, 0.15) is 26.7 Å². The predicted molar refractivity (Wildman–Crippen MR) is 65.5 cm³/mol. The van der Waals surface area contributed by atoms with Gasteiger partial charge in [-0.1, -0.05) is 0 Å². The fraction of sp³-hybridized carbons (Fsp3) is 1.00. The van der Waals surface area contributed by atoms with Crippen LogP contribution < -0.4 is 5.73 Å². The van der Waals surface area contributed by atoms with Gasteiger partial charge >= 0.3 is 0 Å². The van der Waals surface area contributed by atoms with Crippen molar-refractivity contribution in [1.29, 1.82) is 0 Å². The molecular weight excluding hydrogens is 204 g/mol. The van der Waals surface area contributed by atoms with Gasteiger partial charge in [-0.3, -0.25) is 4.90 Å². The van der Waals surface area contributed by atoms with E-state index in [1.807, 2.05) is 0 Å². The van der Waals surface area contributed by atoms with Gasteiger partial charge in [0.2, 0.25) is 0 Å². The van der Waals surface area contributed by atoms with Crippen LogP contribution in [-0.4, -0.2) is 56.5 Å². The number of piperidine rings is 1. The second-order valence-corrected chi connectivity index (χ2v) is 4.69. The molecule has 0 amide bonds. The van der Waals surface area contributed by atoms with Crippen molar-refractivity contribution in [3.63, 3.8) is 0 Å². The predicted octanol–water partition coefficient (Wildman–Crippen LogP) is 0.848. The van der Waals surface area contributed by atoms with E-state index in [2.05, 4.69) is 18.7 Å². The number of nitrogens with two attached hydrogens (primary N) is 1. The number of ether oxygens (including phenoxy) is 2. The Morgan fingerprint density at radius 3 is 2.56 bits per heavy atom. The highest BCUT2D eigenvalue weighted by Crippen LogP contribution is 2.23. The molecule has 0 aromatic carbocycles. The molecule has 1 rings (SSSR count). The smallest absolute Gasteiger partial charge is 0.0695 e. The highest BCUT2D eigenvalue weighted by atomic mass is 16.5. The Kier molecular flexibility index (Phi) is 5.69. The highest BCUT2D eigenvalue weighted by Gasteiger charge is 2.32. The van der Waals surface area contributed by atoms with E-state index in [1.54, 1.807) is 14.2 Å². The van der Waals surface area contributed by atoms with E-state index in [0.717, 1.165) is 19.4 Å². The van der Waals surface area contributed by atoms with Gasteiger partial charge in [0, 0.05) is 39.4 Å². The average Bonchev–Trinajstić information content (AvgIpc) is 2.35. The minimum absolute atomic E-state index is 0.244. The van der Waals surface area contributed by atoms with Crippen molar-refractivity contribution in [2.24, 2.45) is 5.73 Å². The molecule has 2 N–H and O–H groups in total. The third-order valence-corrected chi connectivity index (χ3v) is 3.89. The summed E-state index contributed by atoms with van der Waals surface area (Å²) in [4.78, 5) is 2.46. The van der Waals surface area contributed by atoms with Crippen LogP contribution in [0, 0.1) is 0 Å². The molecule has 1 saturated heterocycles. The lowest BCUT2D eigenvalue weighted by Crippen LogP contribution is -2.55. The average molecular weight is 230 g/mol. The molecule has 1 fully saturated rings. The van der Waals surface area contributed by atoms with Gasteiger partial charge < -0.3 is 15.2 Å². The highest BCUT2D eigenvalue weighted by molar-refractivity contribution is 4.87. The lowest BCUT2D eigenvalue weighted by atomic mass is 9.96. The summed E-state index contributed by atoms with van der Waals surface area (Å²) in [7, 11) is 3.55. The summed E-state index contributed by atoms with van der Waals surface area (Å²) in [5.41, 5.74) is 5.85. The van der Waals surface area contributed by atoms with Crippen molar-refractivity contribution in [2.45, 2.75) is 51.0 Å². The zero-order valence-electron chi connectivity index (χ0n) is 11.0. The third kappa shape index (κ3) is 3.17. The fourth-order valence-corrected chi connectivity index (χ4v) is 2.48. The normalized spacial score (nSPS) is 31.3. The zero-order valence-corrected chi connectivity index (χ0v) is 11.0. The first kappa shape index (κ1) is 13.9. The molecule has 4 unspecified atom stereocenters. The molecule has 0 saturated carbocycles. The maximum atomic E-state index is 5.85. The van der Waals surface area contributed by atoms with E-state index in [0.29, 0.717) is 24.7 Å². The van der Waals surface area contributed by atoms with Gasteiger partial charge in [0.1, 0.15) is 0 Å². The number of nitrogens with zero attached hydrogens (tertiary/aromatic N) is 1. The van der Waals surface area contributed by atoms with Gasteiger partial charge in [-0.25, -0.2) is 0 Å². The van der Waals surface area contributed by atoms with Crippen molar-refractivity contribution in [3.05, 3.63) is 0 Å². The van der Waals surface area contributed by atoms with Crippen LogP contribution in [0.3, 0.4) is 0 Å².